The van der Waals surface area contributed by atoms with Crippen LogP contribution in [0.3, 0.4) is 0 Å². The molecule has 0 fully saturated rings. The Bertz CT molecular complexity index is 1050. The molecule has 0 atom stereocenters. The highest BCUT2D eigenvalue weighted by Crippen LogP contribution is 2.32. The topological polar surface area (TPSA) is 41.3 Å². The quantitative estimate of drug-likeness (QED) is 0.261. The molecule has 3 nitrogen and oxygen atoms in total. The normalized spacial score (nSPS) is 14.2. The number of anilines is 1. The van der Waals surface area contributed by atoms with Gasteiger partial charge in [0.2, 0.25) is 0 Å². The molecule has 4 heteroatoms. The summed E-state index contributed by atoms with van der Waals surface area (Å²) in [5.41, 5.74) is 7.99. The molecular formula is C29H35N3S. The number of benzene rings is 3. The highest BCUT2D eigenvalue weighted by atomic mass is 32.2. The van der Waals surface area contributed by atoms with Crippen LogP contribution < -0.4 is 10.5 Å². The van der Waals surface area contributed by atoms with Crippen LogP contribution in [-0.4, -0.2) is 24.5 Å². The standard InChI is InChI=1S/C29H35N3S/c1-2-3-16-31-28-20-24(21-29(33-30)27(28)19-23-10-6-4-7-11-23)22-32-17-14-26(15-18-32)25-12-8-5-9-13-25/h4-14,20-21,31H,2-3,15-19,22,30H2,1H3. The van der Waals surface area contributed by atoms with Gasteiger partial charge in [-0.05, 0) is 64.7 Å². The lowest BCUT2D eigenvalue weighted by molar-refractivity contribution is 0.294. The SMILES string of the molecule is CCCCNc1cc(CN2CC=C(c3ccccc3)CC2)cc(SN)c1Cc1ccccc1. The lowest BCUT2D eigenvalue weighted by Gasteiger charge is -2.27. The molecule has 3 aromatic carbocycles. The molecule has 0 bridgehead atoms. The van der Waals surface area contributed by atoms with Gasteiger partial charge in [0.05, 0.1) is 0 Å². The summed E-state index contributed by atoms with van der Waals surface area (Å²) < 4.78 is 0. The maximum atomic E-state index is 6.18. The maximum Gasteiger partial charge on any atom is 0.0391 e. The Labute approximate surface area is 203 Å². The van der Waals surface area contributed by atoms with Crippen LogP contribution >= 0.6 is 11.9 Å². The fourth-order valence-electron chi connectivity index (χ4n) is 4.47. The summed E-state index contributed by atoms with van der Waals surface area (Å²) in [5.74, 6) is 0. The van der Waals surface area contributed by atoms with Gasteiger partial charge in [-0.1, -0.05) is 80.1 Å². The first-order chi connectivity index (χ1) is 16.3. The van der Waals surface area contributed by atoms with Gasteiger partial charge in [-0.25, -0.2) is 0 Å². The Morgan fingerprint density at radius 2 is 1.73 bits per heavy atom. The molecule has 0 saturated heterocycles. The number of nitrogens with zero attached hydrogens (tertiary/aromatic N) is 1. The molecular weight excluding hydrogens is 422 g/mol. The molecule has 4 rings (SSSR count). The second-order valence-corrected chi connectivity index (χ2v) is 9.44. The molecule has 1 heterocycles. The summed E-state index contributed by atoms with van der Waals surface area (Å²) in [6, 6.07) is 26.1. The molecule has 0 aliphatic carbocycles. The molecule has 0 radical (unpaired) electrons. The van der Waals surface area contributed by atoms with Crippen LogP contribution in [0.4, 0.5) is 5.69 Å². The van der Waals surface area contributed by atoms with Crippen molar-refractivity contribution in [3.05, 3.63) is 101 Å². The average Bonchev–Trinajstić information content (AvgIpc) is 2.87. The molecule has 0 saturated carbocycles. The van der Waals surface area contributed by atoms with E-state index in [0.29, 0.717) is 0 Å². The third-order valence-corrected chi connectivity index (χ3v) is 6.93. The largest absolute Gasteiger partial charge is 0.385 e. The van der Waals surface area contributed by atoms with E-state index in [1.54, 1.807) is 0 Å². The van der Waals surface area contributed by atoms with Crippen molar-refractivity contribution >= 4 is 23.2 Å². The fraction of sp³-hybridized carbons (Fsp3) is 0.310. The van der Waals surface area contributed by atoms with Gasteiger partial charge in [0.25, 0.3) is 0 Å². The number of hydrogen-bond donors (Lipinski definition) is 2. The van der Waals surface area contributed by atoms with Crippen LogP contribution in [0.1, 0.15) is 48.4 Å². The highest BCUT2D eigenvalue weighted by Gasteiger charge is 2.16. The van der Waals surface area contributed by atoms with Crippen LogP contribution in [0.15, 0.2) is 83.8 Å². The zero-order valence-corrected chi connectivity index (χ0v) is 20.4. The first-order valence-corrected chi connectivity index (χ1v) is 12.9. The molecule has 33 heavy (non-hydrogen) atoms. The highest BCUT2D eigenvalue weighted by molar-refractivity contribution is 7.97. The molecule has 0 aromatic heterocycles. The van der Waals surface area contributed by atoms with Crippen LogP contribution in [-0.2, 0) is 13.0 Å². The summed E-state index contributed by atoms with van der Waals surface area (Å²) in [5, 5.41) is 9.89. The fourth-order valence-corrected chi connectivity index (χ4v) is 5.01. The van der Waals surface area contributed by atoms with E-state index in [2.05, 4.69) is 96.0 Å². The Balaban J connectivity index is 1.53. The minimum absolute atomic E-state index is 0.891. The maximum absolute atomic E-state index is 6.18. The van der Waals surface area contributed by atoms with E-state index in [1.807, 2.05) is 0 Å². The Morgan fingerprint density at radius 3 is 2.39 bits per heavy atom. The van der Waals surface area contributed by atoms with Crippen molar-refractivity contribution in [3.63, 3.8) is 0 Å². The van der Waals surface area contributed by atoms with E-state index in [1.165, 1.54) is 63.2 Å². The summed E-state index contributed by atoms with van der Waals surface area (Å²) >= 11 is 1.37. The molecule has 3 aromatic rings. The average molecular weight is 458 g/mol. The number of rotatable bonds is 10. The molecule has 1 aliphatic heterocycles. The third-order valence-electron chi connectivity index (χ3n) is 6.31. The summed E-state index contributed by atoms with van der Waals surface area (Å²) in [6.45, 7) is 6.23. The van der Waals surface area contributed by atoms with E-state index in [4.69, 9.17) is 5.14 Å². The van der Waals surface area contributed by atoms with Crippen molar-refractivity contribution in [2.24, 2.45) is 5.14 Å². The van der Waals surface area contributed by atoms with Gasteiger partial charge in [0.15, 0.2) is 0 Å². The van der Waals surface area contributed by atoms with Crippen LogP contribution in [0.5, 0.6) is 0 Å². The predicted octanol–water partition coefficient (Wildman–Crippen LogP) is 6.74. The van der Waals surface area contributed by atoms with Gasteiger partial charge in [-0.2, -0.15) is 0 Å². The first kappa shape index (κ1) is 23.6. The molecule has 0 unspecified atom stereocenters. The van der Waals surface area contributed by atoms with Gasteiger partial charge in [0, 0.05) is 43.2 Å². The van der Waals surface area contributed by atoms with Crippen molar-refractivity contribution in [2.75, 3.05) is 25.0 Å². The minimum Gasteiger partial charge on any atom is -0.385 e. The number of unbranched alkanes of at least 4 members (excludes halogenated alkanes) is 1. The minimum atomic E-state index is 0.891. The van der Waals surface area contributed by atoms with E-state index in [-0.39, 0.29) is 0 Å². The second kappa shape index (κ2) is 12.1. The van der Waals surface area contributed by atoms with E-state index < -0.39 is 0 Å². The van der Waals surface area contributed by atoms with Gasteiger partial charge < -0.3 is 5.32 Å². The predicted molar refractivity (Wildman–Crippen MR) is 143 cm³/mol. The number of nitrogens with two attached hydrogens (primary N) is 1. The first-order valence-electron chi connectivity index (χ1n) is 12.0. The summed E-state index contributed by atoms with van der Waals surface area (Å²) in [4.78, 5) is 3.70. The summed E-state index contributed by atoms with van der Waals surface area (Å²) in [7, 11) is 0. The Kier molecular flexibility index (Phi) is 8.65. The smallest absolute Gasteiger partial charge is 0.0391 e. The Hall–Kier alpha value is -2.53. The van der Waals surface area contributed by atoms with Gasteiger partial charge in [-0.3, -0.25) is 10.0 Å². The van der Waals surface area contributed by atoms with Crippen molar-refractivity contribution < 1.29 is 0 Å². The third kappa shape index (κ3) is 6.50. The lowest BCUT2D eigenvalue weighted by Crippen LogP contribution is -2.28. The van der Waals surface area contributed by atoms with Crippen LogP contribution in [0.25, 0.3) is 5.57 Å². The van der Waals surface area contributed by atoms with E-state index in [0.717, 1.165) is 39.0 Å². The van der Waals surface area contributed by atoms with Gasteiger partial charge in [0.1, 0.15) is 0 Å². The zero-order chi connectivity index (χ0) is 22.9. The van der Waals surface area contributed by atoms with Gasteiger partial charge >= 0.3 is 0 Å². The molecule has 1 aliphatic rings. The van der Waals surface area contributed by atoms with Crippen LogP contribution in [0, 0.1) is 0 Å². The van der Waals surface area contributed by atoms with Gasteiger partial charge in [-0.15, -0.1) is 0 Å². The second-order valence-electron chi connectivity index (χ2n) is 8.76. The zero-order valence-electron chi connectivity index (χ0n) is 19.6. The molecule has 172 valence electrons. The number of hydrogen-bond acceptors (Lipinski definition) is 4. The van der Waals surface area contributed by atoms with Crippen molar-refractivity contribution in [3.8, 4) is 0 Å². The molecule has 0 amide bonds. The monoisotopic (exact) mass is 457 g/mol. The number of nitrogens with one attached hydrogen (secondary N) is 1. The summed E-state index contributed by atoms with van der Waals surface area (Å²) in [6.07, 6.45) is 6.72. The van der Waals surface area contributed by atoms with Crippen molar-refractivity contribution in [1.29, 1.82) is 0 Å². The van der Waals surface area contributed by atoms with Crippen molar-refractivity contribution in [2.45, 2.75) is 44.0 Å². The van der Waals surface area contributed by atoms with E-state index in [9.17, 15) is 0 Å². The molecule has 3 N–H and O–H groups in total. The molecule has 0 spiro atoms. The van der Waals surface area contributed by atoms with E-state index >= 15 is 0 Å². The lowest BCUT2D eigenvalue weighted by atomic mass is 9.98. The van der Waals surface area contributed by atoms with Crippen molar-refractivity contribution in [1.82, 2.24) is 4.90 Å². The Morgan fingerprint density at radius 1 is 0.970 bits per heavy atom. The van der Waals surface area contributed by atoms with Crippen LogP contribution in [0.2, 0.25) is 0 Å².